The Hall–Kier alpha value is -1.90. The van der Waals surface area contributed by atoms with Crippen LogP contribution in [0, 0.1) is 10.1 Å². The fourth-order valence-electron chi connectivity index (χ4n) is 4.40. The van der Waals surface area contributed by atoms with E-state index in [1.54, 1.807) is 18.4 Å². The summed E-state index contributed by atoms with van der Waals surface area (Å²) in [6.07, 6.45) is 2.28. The molecular formula is C19H24N2O5S. The average Bonchev–Trinajstić information content (AvgIpc) is 3.33. The van der Waals surface area contributed by atoms with Gasteiger partial charge in [-0.3, -0.25) is 15.0 Å². The maximum atomic E-state index is 11.0. The quantitative estimate of drug-likeness (QED) is 0.466. The molecule has 1 fully saturated rings. The van der Waals surface area contributed by atoms with Crippen LogP contribution in [0.2, 0.25) is 0 Å². The van der Waals surface area contributed by atoms with Crippen molar-refractivity contribution < 1.29 is 19.5 Å². The molecule has 8 heteroatoms. The Balaban J connectivity index is 1.57. The molecule has 3 aliphatic rings. The Morgan fingerprint density at radius 2 is 2.30 bits per heavy atom. The van der Waals surface area contributed by atoms with Gasteiger partial charge in [-0.1, -0.05) is 11.6 Å². The van der Waals surface area contributed by atoms with E-state index in [-0.39, 0.29) is 17.1 Å². The van der Waals surface area contributed by atoms with E-state index in [9.17, 15) is 15.2 Å². The van der Waals surface area contributed by atoms with Crippen LogP contribution in [0.25, 0.3) is 0 Å². The number of rotatable bonds is 5. The SMILES string of the molecule is COC1=C(O)CC2=C(CCN(CC3CCC([N+](=O)[O-])O3)C2c2cccs2)C1. The van der Waals surface area contributed by atoms with Crippen LogP contribution in [0.3, 0.4) is 0 Å². The van der Waals surface area contributed by atoms with E-state index >= 15 is 0 Å². The molecule has 3 unspecified atom stereocenters. The lowest BCUT2D eigenvalue weighted by Gasteiger charge is -2.41. The minimum Gasteiger partial charge on any atom is -0.508 e. The number of hydrogen-bond donors (Lipinski definition) is 1. The standard InChI is InChI=1S/C19H24N2O5S/c1-25-16-9-12-6-7-20(11-13-4-5-18(26-13)21(23)24)19(14(12)10-15(16)22)17-3-2-8-27-17/h2-3,8,13,18-19,22H,4-7,9-11H2,1H3. The Morgan fingerprint density at radius 3 is 2.96 bits per heavy atom. The Morgan fingerprint density at radius 1 is 1.44 bits per heavy atom. The number of aliphatic hydroxyl groups excluding tert-OH is 1. The van der Waals surface area contributed by atoms with Crippen LogP contribution in [-0.2, 0) is 9.47 Å². The number of allylic oxidation sites excluding steroid dienone is 2. The fraction of sp³-hybridized carbons (Fsp3) is 0.579. The first-order valence-corrected chi connectivity index (χ1v) is 10.2. The van der Waals surface area contributed by atoms with Crippen molar-refractivity contribution in [1.29, 1.82) is 0 Å². The van der Waals surface area contributed by atoms with Crippen LogP contribution in [0.15, 0.2) is 40.2 Å². The highest BCUT2D eigenvalue weighted by Crippen LogP contribution is 2.45. The zero-order valence-electron chi connectivity index (χ0n) is 15.3. The van der Waals surface area contributed by atoms with E-state index in [1.165, 1.54) is 16.0 Å². The number of thiophene rings is 1. The average molecular weight is 392 g/mol. The number of hydrogen-bond acceptors (Lipinski definition) is 7. The maximum absolute atomic E-state index is 11.0. The largest absolute Gasteiger partial charge is 0.508 e. The van der Waals surface area contributed by atoms with Crippen LogP contribution in [0.1, 0.15) is 43.0 Å². The number of nitro groups is 1. The summed E-state index contributed by atoms with van der Waals surface area (Å²) < 4.78 is 11.0. The van der Waals surface area contributed by atoms with Gasteiger partial charge < -0.3 is 14.6 Å². The van der Waals surface area contributed by atoms with Crippen molar-refractivity contribution in [3.8, 4) is 0 Å². The molecule has 146 valence electrons. The van der Waals surface area contributed by atoms with Gasteiger partial charge in [-0.05, 0) is 29.9 Å². The highest BCUT2D eigenvalue weighted by molar-refractivity contribution is 7.10. The van der Waals surface area contributed by atoms with Gasteiger partial charge in [0.1, 0.15) is 11.5 Å². The molecule has 27 heavy (non-hydrogen) atoms. The van der Waals surface area contributed by atoms with Crippen LogP contribution in [0.4, 0.5) is 0 Å². The van der Waals surface area contributed by atoms with Crippen LogP contribution in [0.5, 0.6) is 0 Å². The molecule has 4 rings (SSSR count). The second kappa shape index (κ2) is 7.61. The van der Waals surface area contributed by atoms with Gasteiger partial charge in [0.05, 0.1) is 24.2 Å². The van der Waals surface area contributed by atoms with Crippen LogP contribution >= 0.6 is 11.3 Å². The lowest BCUT2D eigenvalue weighted by molar-refractivity contribution is -0.571. The van der Waals surface area contributed by atoms with Crippen LogP contribution < -0.4 is 0 Å². The van der Waals surface area contributed by atoms with Gasteiger partial charge in [-0.15, -0.1) is 11.3 Å². The van der Waals surface area contributed by atoms with E-state index < -0.39 is 6.23 Å². The first-order valence-electron chi connectivity index (χ1n) is 9.29. The van der Waals surface area contributed by atoms with Crippen LogP contribution in [-0.4, -0.2) is 47.5 Å². The Labute approximate surface area is 162 Å². The number of nitrogens with zero attached hydrogens (tertiary/aromatic N) is 2. The van der Waals surface area contributed by atoms with Crippen molar-refractivity contribution in [2.45, 2.75) is 50.5 Å². The molecule has 1 aromatic rings. The smallest absolute Gasteiger partial charge is 0.315 e. The molecule has 0 radical (unpaired) electrons. The zero-order valence-corrected chi connectivity index (χ0v) is 16.1. The minimum absolute atomic E-state index is 0.0903. The molecule has 1 saturated heterocycles. The highest BCUT2D eigenvalue weighted by atomic mass is 32.1. The third kappa shape index (κ3) is 3.61. The predicted molar refractivity (Wildman–Crippen MR) is 101 cm³/mol. The van der Waals surface area contributed by atoms with E-state index in [4.69, 9.17) is 9.47 Å². The molecule has 1 N–H and O–H groups in total. The highest BCUT2D eigenvalue weighted by Gasteiger charge is 2.39. The van der Waals surface area contributed by atoms with Gasteiger partial charge in [-0.2, -0.15) is 0 Å². The summed E-state index contributed by atoms with van der Waals surface area (Å²) in [6, 6.07) is 4.26. The normalized spacial score (nSPS) is 29.1. The molecule has 3 heterocycles. The molecule has 0 amide bonds. The molecule has 7 nitrogen and oxygen atoms in total. The monoisotopic (exact) mass is 392 g/mol. The van der Waals surface area contributed by atoms with E-state index in [2.05, 4.69) is 16.3 Å². The van der Waals surface area contributed by atoms with Crippen molar-refractivity contribution in [1.82, 2.24) is 4.90 Å². The van der Waals surface area contributed by atoms with Gasteiger partial charge in [0, 0.05) is 37.2 Å². The molecule has 1 aromatic heterocycles. The zero-order chi connectivity index (χ0) is 19.0. The predicted octanol–water partition coefficient (Wildman–Crippen LogP) is 3.78. The topological polar surface area (TPSA) is 85.1 Å². The van der Waals surface area contributed by atoms with Gasteiger partial charge in [-0.25, -0.2) is 0 Å². The molecule has 0 saturated carbocycles. The minimum atomic E-state index is -0.874. The van der Waals surface area contributed by atoms with Crippen molar-refractivity contribution in [2.24, 2.45) is 0 Å². The molecule has 0 aromatic carbocycles. The maximum Gasteiger partial charge on any atom is 0.315 e. The molecule has 1 aliphatic carbocycles. The molecular weight excluding hydrogens is 368 g/mol. The summed E-state index contributed by atoms with van der Waals surface area (Å²) in [5, 5.41) is 23.5. The second-order valence-electron chi connectivity index (χ2n) is 7.29. The first kappa shape index (κ1) is 18.5. The number of methoxy groups -OCH3 is 1. The molecule has 3 atom stereocenters. The summed E-state index contributed by atoms with van der Waals surface area (Å²) in [5.74, 6) is 0.977. The fourth-order valence-corrected chi connectivity index (χ4v) is 5.29. The van der Waals surface area contributed by atoms with Crippen molar-refractivity contribution >= 4 is 11.3 Å². The summed E-state index contributed by atoms with van der Waals surface area (Å²) >= 11 is 1.71. The van der Waals surface area contributed by atoms with Gasteiger partial charge in [0.2, 0.25) is 0 Å². The molecule has 0 spiro atoms. The van der Waals surface area contributed by atoms with Crippen molar-refractivity contribution in [3.05, 3.63) is 55.2 Å². The number of aliphatic hydroxyl groups is 1. The van der Waals surface area contributed by atoms with E-state index in [0.717, 1.165) is 13.0 Å². The Bertz CT molecular complexity index is 773. The summed E-state index contributed by atoms with van der Waals surface area (Å²) in [6.45, 7) is 1.55. The summed E-state index contributed by atoms with van der Waals surface area (Å²) in [7, 11) is 1.60. The van der Waals surface area contributed by atoms with E-state index in [0.29, 0.717) is 43.7 Å². The lowest BCUT2D eigenvalue weighted by Crippen LogP contribution is -2.41. The van der Waals surface area contributed by atoms with Gasteiger partial charge in [0.15, 0.2) is 0 Å². The van der Waals surface area contributed by atoms with Crippen molar-refractivity contribution in [2.75, 3.05) is 20.2 Å². The number of ether oxygens (including phenoxy) is 2. The Kier molecular flexibility index (Phi) is 5.21. The third-order valence-electron chi connectivity index (χ3n) is 5.72. The lowest BCUT2D eigenvalue weighted by atomic mass is 9.83. The second-order valence-corrected chi connectivity index (χ2v) is 8.27. The summed E-state index contributed by atoms with van der Waals surface area (Å²) in [5.41, 5.74) is 2.58. The van der Waals surface area contributed by atoms with Crippen molar-refractivity contribution in [3.63, 3.8) is 0 Å². The summed E-state index contributed by atoms with van der Waals surface area (Å²) in [4.78, 5) is 14.3. The van der Waals surface area contributed by atoms with Gasteiger partial charge >= 0.3 is 6.23 Å². The molecule has 0 bridgehead atoms. The van der Waals surface area contributed by atoms with Gasteiger partial charge in [0.25, 0.3) is 0 Å². The van der Waals surface area contributed by atoms with E-state index in [1.807, 2.05) is 6.07 Å². The third-order valence-corrected chi connectivity index (χ3v) is 6.65. The first-order chi connectivity index (χ1) is 13.1. The molecule has 2 aliphatic heterocycles.